The van der Waals surface area contributed by atoms with Crippen molar-refractivity contribution in [2.75, 3.05) is 13.2 Å². The molecule has 0 saturated heterocycles. The lowest BCUT2D eigenvalue weighted by atomic mass is 10.0. The molecule has 14 heavy (non-hydrogen) atoms. The van der Waals surface area contributed by atoms with Crippen molar-refractivity contribution in [1.29, 1.82) is 0 Å². The van der Waals surface area contributed by atoms with E-state index in [4.69, 9.17) is 9.84 Å². The maximum atomic E-state index is 9.02. The third-order valence-corrected chi connectivity index (χ3v) is 2.01. The van der Waals surface area contributed by atoms with E-state index >= 15 is 0 Å². The van der Waals surface area contributed by atoms with Gasteiger partial charge in [-0.1, -0.05) is 18.6 Å². The average molecular weight is 200 g/mol. The molecular weight excluding hydrogens is 176 g/mol. The highest BCUT2D eigenvalue weighted by atomic mass is 16.5. The summed E-state index contributed by atoms with van der Waals surface area (Å²) in [7, 11) is 0. The molecule has 0 fully saturated rings. The van der Waals surface area contributed by atoms with Gasteiger partial charge in [0.15, 0.2) is 0 Å². The molecule has 2 heteroatoms. The van der Waals surface area contributed by atoms with E-state index in [9.17, 15) is 0 Å². The van der Waals surface area contributed by atoms with Gasteiger partial charge in [0.25, 0.3) is 0 Å². The summed E-state index contributed by atoms with van der Waals surface area (Å²) in [4.78, 5) is 0. The highest BCUT2D eigenvalue weighted by molar-refractivity contribution is 5.01. The Bertz CT molecular complexity index is 173. The van der Waals surface area contributed by atoms with Gasteiger partial charge in [-0.2, -0.15) is 0 Å². The predicted molar refractivity (Wildman–Crippen MR) is 60.3 cm³/mol. The highest BCUT2D eigenvalue weighted by Crippen LogP contribution is 2.12. The molecule has 0 aliphatic carbocycles. The molecule has 1 N–H and O–H groups in total. The van der Waals surface area contributed by atoms with Crippen LogP contribution in [0.15, 0.2) is 11.6 Å². The highest BCUT2D eigenvalue weighted by Gasteiger charge is 2.10. The lowest BCUT2D eigenvalue weighted by Crippen LogP contribution is -2.20. The van der Waals surface area contributed by atoms with Gasteiger partial charge in [-0.05, 0) is 40.0 Å². The van der Waals surface area contributed by atoms with Crippen LogP contribution in [0.25, 0.3) is 0 Å². The van der Waals surface area contributed by atoms with Crippen molar-refractivity contribution in [3.63, 3.8) is 0 Å². The van der Waals surface area contributed by atoms with Crippen molar-refractivity contribution in [1.82, 2.24) is 0 Å². The maximum absolute atomic E-state index is 9.02. The quantitative estimate of drug-likeness (QED) is 0.691. The zero-order valence-corrected chi connectivity index (χ0v) is 10.1. The Kier molecular flexibility index (Phi) is 6.05. The smallest absolute Gasteiger partial charge is 0.0681 e. The van der Waals surface area contributed by atoms with Crippen LogP contribution in [0.1, 0.15) is 41.0 Å². The normalized spacial score (nSPS) is 15.7. The molecule has 0 aromatic carbocycles. The summed E-state index contributed by atoms with van der Waals surface area (Å²) in [6.45, 7) is 11.1. The van der Waals surface area contributed by atoms with E-state index in [2.05, 4.69) is 13.0 Å². The Morgan fingerprint density at radius 2 is 2.00 bits per heavy atom. The summed E-state index contributed by atoms with van der Waals surface area (Å²) >= 11 is 0. The minimum absolute atomic E-state index is 0.0873. The van der Waals surface area contributed by atoms with Crippen molar-refractivity contribution in [3.8, 4) is 0 Å². The van der Waals surface area contributed by atoms with Crippen molar-refractivity contribution < 1.29 is 9.84 Å². The monoisotopic (exact) mass is 200 g/mol. The molecule has 0 aromatic rings. The number of rotatable bonds is 5. The van der Waals surface area contributed by atoms with Gasteiger partial charge in [0, 0.05) is 6.61 Å². The molecule has 84 valence electrons. The second-order valence-corrected chi connectivity index (χ2v) is 4.76. The molecule has 1 atom stereocenters. The topological polar surface area (TPSA) is 29.5 Å². The first-order chi connectivity index (χ1) is 6.39. The van der Waals surface area contributed by atoms with E-state index in [1.54, 1.807) is 0 Å². The first-order valence-corrected chi connectivity index (χ1v) is 5.31. The number of aliphatic hydroxyl groups excluding tert-OH is 1. The second kappa shape index (κ2) is 6.20. The minimum Gasteiger partial charge on any atom is -0.396 e. The molecule has 0 aromatic heterocycles. The van der Waals surface area contributed by atoms with Gasteiger partial charge in [-0.3, -0.25) is 0 Å². The number of hydrogen-bond acceptors (Lipinski definition) is 2. The molecular formula is C12H24O2. The Labute approximate surface area is 88.0 Å². The van der Waals surface area contributed by atoms with Crippen LogP contribution < -0.4 is 0 Å². The first kappa shape index (κ1) is 13.7. The van der Waals surface area contributed by atoms with Gasteiger partial charge in [0.2, 0.25) is 0 Å². The molecule has 0 unspecified atom stereocenters. The Balaban J connectivity index is 4.00. The molecule has 0 rings (SSSR count). The Morgan fingerprint density at radius 3 is 2.36 bits per heavy atom. The van der Waals surface area contributed by atoms with Crippen LogP contribution in [-0.2, 0) is 4.74 Å². The van der Waals surface area contributed by atoms with Crippen molar-refractivity contribution in [2.24, 2.45) is 5.92 Å². The number of ether oxygens (including phenoxy) is 1. The fourth-order valence-electron chi connectivity index (χ4n) is 1.08. The summed E-state index contributed by atoms with van der Waals surface area (Å²) in [5.74, 6) is 0.276. The van der Waals surface area contributed by atoms with Crippen LogP contribution in [0.2, 0.25) is 0 Å². The number of aliphatic hydroxyl groups is 1. The second-order valence-electron chi connectivity index (χ2n) is 4.76. The zero-order valence-electron chi connectivity index (χ0n) is 10.1. The van der Waals surface area contributed by atoms with Crippen LogP contribution in [-0.4, -0.2) is 23.9 Å². The Morgan fingerprint density at radius 1 is 1.43 bits per heavy atom. The first-order valence-electron chi connectivity index (χ1n) is 5.31. The van der Waals surface area contributed by atoms with Crippen LogP contribution >= 0.6 is 0 Å². The van der Waals surface area contributed by atoms with Crippen molar-refractivity contribution >= 4 is 0 Å². The van der Waals surface area contributed by atoms with Crippen LogP contribution in [0, 0.1) is 5.92 Å². The van der Waals surface area contributed by atoms with Gasteiger partial charge in [0.05, 0.1) is 12.2 Å². The molecule has 0 heterocycles. The molecule has 2 nitrogen and oxygen atoms in total. The molecule has 0 spiro atoms. The van der Waals surface area contributed by atoms with Gasteiger partial charge in [-0.15, -0.1) is 0 Å². The molecule has 0 aliphatic rings. The molecule has 0 aliphatic heterocycles. The van der Waals surface area contributed by atoms with E-state index in [1.807, 2.05) is 27.7 Å². The summed E-state index contributed by atoms with van der Waals surface area (Å²) in [6, 6.07) is 0. The van der Waals surface area contributed by atoms with Gasteiger partial charge < -0.3 is 9.84 Å². The molecule has 0 saturated carbocycles. The van der Waals surface area contributed by atoms with Crippen LogP contribution in [0.5, 0.6) is 0 Å². The Hall–Kier alpha value is -0.340. The maximum Gasteiger partial charge on any atom is 0.0681 e. The van der Waals surface area contributed by atoms with E-state index in [0.29, 0.717) is 6.61 Å². The summed E-state index contributed by atoms with van der Waals surface area (Å²) in [5, 5.41) is 9.02. The van der Waals surface area contributed by atoms with Crippen molar-refractivity contribution in [3.05, 3.63) is 11.6 Å². The van der Waals surface area contributed by atoms with E-state index in [0.717, 1.165) is 6.42 Å². The lowest BCUT2D eigenvalue weighted by Gasteiger charge is -2.20. The van der Waals surface area contributed by atoms with Crippen LogP contribution in [0.4, 0.5) is 0 Å². The van der Waals surface area contributed by atoms with Gasteiger partial charge in [-0.25, -0.2) is 0 Å². The summed E-state index contributed by atoms with van der Waals surface area (Å²) in [5.41, 5.74) is 1.11. The van der Waals surface area contributed by atoms with Gasteiger partial charge in [0.1, 0.15) is 0 Å². The third kappa shape index (κ3) is 7.10. The van der Waals surface area contributed by atoms with E-state index in [1.165, 1.54) is 5.57 Å². The standard InChI is InChI=1S/C12H24O2/c1-6-11(8-13)7-10(2)9-14-12(3,4)5/h7,11,13H,6,8-9H2,1-5H3/b10-7-/t11-/m1/s1. The zero-order chi connectivity index (χ0) is 11.2. The number of hydrogen-bond donors (Lipinski definition) is 1. The predicted octanol–water partition coefficient (Wildman–Crippen LogP) is 2.77. The fourth-order valence-corrected chi connectivity index (χ4v) is 1.08. The van der Waals surface area contributed by atoms with E-state index < -0.39 is 0 Å². The largest absolute Gasteiger partial charge is 0.396 e. The summed E-state index contributed by atoms with van der Waals surface area (Å²) in [6.07, 6.45) is 3.08. The molecule has 0 bridgehead atoms. The summed E-state index contributed by atoms with van der Waals surface area (Å²) < 4.78 is 5.63. The molecule has 0 radical (unpaired) electrons. The lowest BCUT2D eigenvalue weighted by molar-refractivity contribution is 0.0109. The SMILES string of the molecule is CC[C@H](/C=C(/C)COC(C)(C)C)CO. The average Bonchev–Trinajstić information content (AvgIpc) is 2.09. The molecule has 0 amide bonds. The van der Waals surface area contributed by atoms with Gasteiger partial charge >= 0.3 is 0 Å². The van der Waals surface area contributed by atoms with E-state index in [-0.39, 0.29) is 18.1 Å². The fraction of sp³-hybridized carbons (Fsp3) is 0.833. The van der Waals surface area contributed by atoms with Crippen molar-refractivity contribution in [2.45, 2.75) is 46.6 Å². The minimum atomic E-state index is -0.0873. The third-order valence-electron chi connectivity index (χ3n) is 2.01. The van der Waals surface area contributed by atoms with Crippen LogP contribution in [0.3, 0.4) is 0 Å².